The summed E-state index contributed by atoms with van der Waals surface area (Å²) in [6.45, 7) is 4.29. The Bertz CT molecular complexity index is 622. The van der Waals surface area contributed by atoms with Crippen LogP contribution in [0.3, 0.4) is 0 Å². The Hall–Kier alpha value is -1.68. The van der Waals surface area contributed by atoms with Crippen LogP contribution in [0.4, 0.5) is 0 Å². The predicted molar refractivity (Wildman–Crippen MR) is 71.0 cm³/mol. The lowest BCUT2D eigenvalue weighted by Crippen LogP contribution is -2.25. The molecule has 5 heteroatoms. The molecule has 4 nitrogen and oxygen atoms in total. The third-order valence-electron chi connectivity index (χ3n) is 2.64. The number of rotatable bonds is 3. The van der Waals surface area contributed by atoms with Crippen LogP contribution in [0.15, 0.2) is 29.1 Å². The van der Waals surface area contributed by atoms with E-state index in [1.165, 1.54) is 6.07 Å². The molecule has 0 bridgehead atoms. The molecule has 2 aromatic heterocycles. The Morgan fingerprint density at radius 2 is 2.11 bits per heavy atom. The van der Waals surface area contributed by atoms with Crippen LogP contribution in [0.2, 0.25) is 5.15 Å². The molecule has 0 atom stereocenters. The van der Waals surface area contributed by atoms with Gasteiger partial charge < -0.3 is 0 Å². The Balaban J connectivity index is 2.43. The number of nitrogens with zero attached hydrogens (tertiary/aromatic N) is 3. The number of hydrogen-bond donors (Lipinski definition) is 0. The monoisotopic (exact) mass is 263 g/mol. The van der Waals surface area contributed by atoms with Crippen LogP contribution in [-0.4, -0.2) is 14.5 Å². The number of aromatic nitrogens is 3. The van der Waals surface area contributed by atoms with Gasteiger partial charge in [-0.05, 0) is 19.1 Å². The van der Waals surface area contributed by atoms with Crippen LogP contribution in [0.5, 0.6) is 0 Å². The standard InChI is InChI=1S/C13H14ClN3O/c1-3-12-16-11(14)7-13(18)17(12)8-10-6-4-5-9(2)15-10/h4-7H,3,8H2,1-2H3. The third-order valence-corrected chi connectivity index (χ3v) is 2.83. The van der Waals surface area contributed by atoms with Crippen molar-refractivity contribution in [2.75, 3.05) is 0 Å². The normalized spacial score (nSPS) is 10.6. The Labute approximate surface area is 110 Å². The molecular formula is C13H14ClN3O. The van der Waals surface area contributed by atoms with Gasteiger partial charge in [-0.3, -0.25) is 14.3 Å². The summed E-state index contributed by atoms with van der Waals surface area (Å²) in [5.74, 6) is 0.677. The molecule has 0 aliphatic carbocycles. The molecule has 2 heterocycles. The van der Waals surface area contributed by atoms with E-state index in [9.17, 15) is 4.79 Å². The van der Waals surface area contributed by atoms with E-state index in [0.717, 1.165) is 11.4 Å². The highest BCUT2D eigenvalue weighted by atomic mass is 35.5. The zero-order valence-electron chi connectivity index (χ0n) is 10.4. The van der Waals surface area contributed by atoms with Gasteiger partial charge in [0.05, 0.1) is 12.2 Å². The smallest absolute Gasteiger partial charge is 0.255 e. The second-order valence-corrected chi connectivity index (χ2v) is 4.43. The van der Waals surface area contributed by atoms with Crippen LogP contribution in [0.1, 0.15) is 24.1 Å². The zero-order chi connectivity index (χ0) is 13.1. The van der Waals surface area contributed by atoms with Crippen molar-refractivity contribution in [1.29, 1.82) is 0 Å². The molecule has 0 aliphatic rings. The van der Waals surface area contributed by atoms with Crippen molar-refractivity contribution in [3.05, 3.63) is 57.0 Å². The van der Waals surface area contributed by atoms with Gasteiger partial charge in [0.15, 0.2) is 0 Å². The number of hydrogen-bond acceptors (Lipinski definition) is 3. The predicted octanol–water partition coefficient (Wildman–Crippen LogP) is 2.21. The zero-order valence-corrected chi connectivity index (χ0v) is 11.1. The quantitative estimate of drug-likeness (QED) is 0.798. The van der Waals surface area contributed by atoms with Crippen molar-refractivity contribution in [2.45, 2.75) is 26.8 Å². The minimum Gasteiger partial charge on any atom is -0.291 e. The van der Waals surface area contributed by atoms with Crippen molar-refractivity contribution in [2.24, 2.45) is 0 Å². The summed E-state index contributed by atoms with van der Waals surface area (Å²) in [6, 6.07) is 7.08. The first-order valence-corrected chi connectivity index (χ1v) is 6.16. The highest BCUT2D eigenvalue weighted by Gasteiger charge is 2.07. The molecule has 2 rings (SSSR count). The number of aryl methyl sites for hydroxylation is 2. The summed E-state index contributed by atoms with van der Waals surface area (Å²) >= 11 is 5.79. The highest BCUT2D eigenvalue weighted by molar-refractivity contribution is 6.29. The van der Waals surface area contributed by atoms with Gasteiger partial charge in [0.2, 0.25) is 0 Å². The topological polar surface area (TPSA) is 47.8 Å². The Morgan fingerprint density at radius 3 is 2.78 bits per heavy atom. The van der Waals surface area contributed by atoms with Crippen LogP contribution < -0.4 is 5.56 Å². The minimum absolute atomic E-state index is 0.143. The first-order valence-electron chi connectivity index (χ1n) is 5.79. The van der Waals surface area contributed by atoms with Gasteiger partial charge in [-0.25, -0.2) is 4.98 Å². The van der Waals surface area contributed by atoms with E-state index in [2.05, 4.69) is 9.97 Å². The van der Waals surface area contributed by atoms with Crippen LogP contribution in [0, 0.1) is 6.92 Å². The molecule has 18 heavy (non-hydrogen) atoms. The number of pyridine rings is 1. The van der Waals surface area contributed by atoms with Crippen molar-refractivity contribution < 1.29 is 0 Å². The van der Waals surface area contributed by atoms with E-state index in [4.69, 9.17) is 11.6 Å². The largest absolute Gasteiger partial charge is 0.291 e. The van der Waals surface area contributed by atoms with Gasteiger partial charge in [-0.15, -0.1) is 0 Å². The summed E-state index contributed by atoms with van der Waals surface area (Å²) in [5.41, 5.74) is 1.63. The molecule has 0 radical (unpaired) electrons. The molecule has 0 amide bonds. The van der Waals surface area contributed by atoms with Crippen LogP contribution >= 0.6 is 11.6 Å². The summed E-state index contributed by atoms with van der Waals surface area (Å²) in [5, 5.41) is 0.241. The second-order valence-electron chi connectivity index (χ2n) is 4.04. The highest BCUT2D eigenvalue weighted by Crippen LogP contribution is 2.06. The van der Waals surface area contributed by atoms with E-state index in [-0.39, 0.29) is 10.7 Å². The molecule has 0 unspecified atom stereocenters. The van der Waals surface area contributed by atoms with Crippen molar-refractivity contribution in [3.8, 4) is 0 Å². The van der Waals surface area contributed by atoms with Gasteiger partial charge in [-0.1, -0.05) is 24.6 Å². The number of halogens is 1. The average molecular weight is 264 g/mol. The van der Waals surface area contributed by atoms with Crippen molar-refractivity contribution >= 4 is 11.6 Å². The third kappa shape index (κ3) is 2.76. The lowest BCUT2D eigenvalue weighted by molar-refractivity contribution is 0.662. The average Bonchev–Trinajstić information content (AvgIpc) is 2.32. The van der Waals surface area contributed by atoms with E-state index < -0.39 is 0 Å². The lowest BCUT2D eigenvalue weighted by atomic mass is 10.3. The van der Waals surface area contributed by atoms with E-state index in [0.29, 0.717) is 18.8 Å². The van der Waals surface area contributed by atoms with Gasteiger partial charge >= 0.3 is 0 Å². The van der Waals surface area contributed by atoms with Crippen LogP contribution in [-0.2, 0) is 13.0 Å². The van der Waals surface area contributed by atoms with E-state index in [1.807, 2.05) is 32.0 Å². The van der Waals surface area contributed by atoms with Gasteiger partial charge in [0, 0.05) is 18.2 Å². The van der Waals surface area contributed by atoms with Crippen molar-refractivity contribution in [1.82, 2.24) is 14.5 Å². The fourth-order valence-electron chi connectivity index (χ4n) is 1.81. The SMILES string of the molecule is CCc1nc(Cl)cc(=O)n1Cc1cccc(C)n1. The summed E-state index contributed by atoms with van der Waals surface area (Å²) in [4.78, 5) is 20.5. The molecule has 0 spiro atoms. The molecule has 0 fully saturated rings. The molecule has 0 saturated carbocycles. The van der Waals surface area contributed by atoms with Gasteiger partial charge in [0.1, 0.15) is 11.0 Å². The maximum absolute atomic E-state index is 11.9. The fraction of sp³-hybridized carbons (Fsp3) is 0.308. The Morgan fingerprint density at radius 1 is 1.33 bits per heavy atom. The van der Waals surface area contributed by atoms with Gasteiger partial charge in [0.25, 0.3) is 5.56 Å². The van der Waals surface area contributed by atoms with Crippen molar-refractivity contribution in [3.63, 3.8) is 0 Å². The first-order chi connectivity index (χ1) is 8.60. The molecule has 0 aliphatic heterocycles. The second kappa shape index (κ2) is 5.31. The first kappa shape index (κ1) is 12.8. The molecule has 0 N–H and O–H groups in total. The fourth-order valence-corrected chi connectivity index (χ4v) is 2.00. The summed E-state index contributed by atoms with van der Waals surface area (Å²) in [7, 11) is 0. The minimum atomic E-state index is -0.143. The summed E-state index contributed by atoms with van der Waals surface area (Å²) in [6.07, 6.45) is 0.654. The molecule has 2 aromatic rings. The molecule has 0 saturated heterocycles. The maximum atomic E-state index is 11.9. The Kier molecular flexibility index (Phi) is 3.77. The van der Waals surface area contributed by atoms with Gasteiger partial charge in [-0.2, -0.15) is 0 Å². The molecule has 0 aromatic carbocycles. The lowest BCUT2D eigenvalue weighted by Gasteiger charge is -2.10. The van der Waals surface area contributed by atoms with E-state index >= 15 is 0 Å². The maximum Gasteiger partial charge on any atom is 0.255 e. The molecular weight excluding hydrogens is 250 g/mol. The van der Waals surface area contributed by atoms with Crippen LogP contribution in [0.25, 0.3) is 0 Å². The molecule has 94 valence electrons. The summed E-state index contributed by atoms with van der Waals surface area (Å²) < 4.78 is 1.60. The van der Waals surface area contributed by atoms with E-state index in [1.54, 1.807) is 4.57 Å².